The van der Waals surface area contributed by atoms with Gasteiger partial charge in [-0.15, -0.1) is 24.0 Å². The van der Waals surface area contributed by atoms with Gasteiger partial charge in [-0.1, -0.05) is 25.9 Å². The second-order valence-corrected chi connectivity index (χ2v) is 6.38. The van der Waals surface area contributed by atoms with Crippen LogP contribution in [0.3, 0.4) is 0 Å². The van der Waals surface area contributed by atoms with Gasteiger partial charge in [0.2, 0.25) is 5.89 Å². The van der Waals surface area contributed by atoms with Gasteiger partial charge in [0, 0.05) is 24.9 Å². The Labute approximate surface area is 161 Å². The zero-order valence-electron chi connectivity index (χ0n) is 15.0. The molecule has 0 bridgehead atoms. The van der Waals surface area contributed by atoms with Crippen molar-refractivity contribution in [1.29, 1.82) is 0 Å². The highest BCUT2D eigenvalue weighted by atomic mass is 127. The molecule has 1 aliphatic rings. The van der Waals surface area contributed by atoms with E-state index in [1.54, 1.807) is 0 Å². The van der Waals surface area contributed by atoms with Crippen molar-refractivity contribution >= 4 is 29.9 Å². The molecule has 3 N–H and O–H groups in total. The number of nitrogens with one attached hydrogen (secondary N) is 1. The van der Waals surface area contributed by atoms with Gasteiger partial charge in [-0.3, -0.25) is 9.89 Å². The number of hydrogen-bond acceptors (Lipinski definition) is 5. The normalized spacial score (nSPS) is 18.8. The molecule has 1 aromatic heterocycles. The standard InChI is InChI=1S/C16H30N6O.HI/c1-4-22-10-6-7-13(22)11-19-16(17)18-9-5-8-14-20-15(12(2)3)21-23-14;/h12-13H,4-11H2,1-3H3,(H3,17,18,19);1H. The average molecular weight is 450 g/mol. The number of aromatic nitrogens is 2. The van der Waals surface area contributed by atoms with Crippen LogP contribution < -0.4 is 11.1 Å². The first-order valence-electron chi connectivity index (χ1n) is 8.70. The lowest BCUT2D eigenvalue weighted by Crippen LogP contribution is -2.36. The molecule has 0 aliphatic carbocycles. The van der Waals surface area contributed by atoms with E-state index in [1.807, 2.05) is 0 Å². The van der Waals surface area contributed by atoms with Crippen molar-refractivity contribution in [3.63, 3.8) is 0 Å². The highest BCUT2D eigenvalue weighted by Crippen LogP contribution is 2.16. The fourth-order valence-electron chi connectivity index (χ4n) is 2.84. The Balaban J connectivity index is 0.00000288. The molecule has 0 saturated carbocycles. The van der Waals surface area contributed by atoms with E-state index in [2.05, 4.69) is 46.1 Å². The highest BCUT2D eigenvalue weighted by Gasteiger charge is 2.22. The highest BCUT2D eigenvalue weighted by molar-refractivity contribution is 14.0. The zero-order valence-corrected chi connectivity index (χ0v) is 17.3. The van der Waals surface area contributed by atoms with Crippen LogP contribution in [0.15, 0.2) is 9.52 Å². The molecule has 1 saturated heterocycles. The molecule has 1 aromatic rings. The molecule has 1 unspecified atom stereocenters. The van der Waals surface area contributed by atoms with Crippen LogP contribution in [0.2, 0.25) is 0 Å². The van der Waals surface area contributed by atoms with Crippen molar-refractivity contribution in [2.75, 3.05) is 26.2 Å². The number of hydrogen-bond donors (Lipinski definition) is 2. The summed E-state index contributed by atoms with van der Waals surface area (Å²) in [4.78, 5) is 11.3. The van der Waals surface area contributed by atoms with Gasteiger partial charge in [-0.05, 0) is 32.4 Å². The molecule has 0 radical (unpaired) electrons. The molecule has 2 rings (SSSR count). The average Bonchev–Trinajstić information content (AvgIpc) is 3.18. The molecule has 1 aliphatic heterocycles. The Hall–Kier alpha value is -0.900. The first-order chi connectivity index (χ1) is 11.1. The first-order valence-corrected chi connectivity index (χ1v) is 8.70. The maximum Gasteiger partial charge on any atom is 0.226 e. The molecular weight excluding hydrogens is 419 g/mol. The molecule has 0 amide bonds. The van der Waals surface area contributed by atoms with Gasteiger partial charge >= 0.3 is 0 Å². The number of nitrogens with zero attached hydrogens (tertiary/aromatic N) is 4. The smallest absolute Gasteiger partial charge is 0.226 e. The largest absolute Gasteiger partial charge is 0.370 e. The number of aliphatic imine (C=N–C) groups is 1. The number of guanidine groups is 1. The summed E-state index contributed by atoms with van der Waals surface area (Å²) in [5.41, 5.74) is 5.93. The predicted molar refractivity (Wildman–Crippen MR) is 107 cm³/mol. The fourth-order valence-corrected chi connectivity index (χ4v) is 2.84. The summed E-state index contributed by atoms with van der Waals surface area (Å²) in [6.45, 7) is 10.1. The van der Waals surface area contributed by atoms with Crippen LogP contribution in [-0.2, 0) is 6.42 Å². The van der Waals surface area contributed by atoms with E-state index >= 15 is 0 Å². The number of nitrogens with two attached hydrogens (primary N) is 1. The summed E-state index contributed by atoms with van der Waals surface area (Å²) in [6, 6.07) is 0.549. The summed E-state index contributed by atoms with van der Waals surface area (Å²) in [5, 5.41) is 7.12. The molecule has 1 atom stereocenters. The Morgan fingerprint density at radius 2 is 2.29 bits per heavy atom. The lowest BCUT2D eigenvalue weighted by molar-refractivity contribution is 0.273. The molecule has 0 spiro atoms. The third kappa shape index (κ3) is 6.54. The quantitative estimate of drug-likeness (QED) is 0.273. The number of rotatable bonds is 8. The molecule has 8 heteroatoms. The fraction of sp³-hybridized carbons (Fsp3) is 0.812. The van der Waals surface area contributed by atoms with Gasteiger partial charge in [0.15, 0.2) is 11.8 Å². The van der Waals surface area contributed by atoms with Crippen molar-refractivity contribution in [3.05, 3.63) is 11.7 Å². The Bertz CT molecular complexity index is 505. The van der Waals surface area contributed by atoms with Crippen molar-refractivity contribution in [2.45, 2.75) is 58.4 Å². The van der Waals surface area contributed by atoms with Gasteiger partial charge in [-0.2, -0.15) is 4.98 Å². The van der Waals surface area contributed by atoms with E-state index in [1.165, 1.54) is 19.4 Å². The summed E-state index contributed by atoms with van der Waals surface area (Å²) >= 11 is 0. The Kier molecular flexibility index (Phi) is 9.57. The molecule has 0 aromatic carbocycles. The molecule has 7 nitrogen and oxygen atoms in total. The number of halogens is 1. The van der Waals surface area contributed by atoms with Crippen LogP contribution in [0, 0.1) is 0 Å². The first kappa shape index (κ1) is 21.1. The van der Waals surface area contributed by atoms with E-state index in [-0.39, 0.29) is 24.0 Å². The third-order valence-corrected chi connectivity index (χ3v) is 4.25. The maximum atomic E-state index is 5.93. The molecule has 24 heavy (non-hydrogen) atoms. The summed E-state index contributed by atoms with van der Waals surface area (Å²) in [5.74, 6) is 2.29. The van der Waals surface area contributed by atoms with Gasteiger partial charge in [0.05, 0.1) is 6.54 Å². The van der Waals surface area contributed by atoms with Gasteiger partial charge in [-0.25, -0.2) is 0 Å². The molecule has 2 heterocycles. The SMILES string of the molecule is CCN1CCCC1CN=C(N)NCCCc1nc(C(C)C)no1.I. The number of likely N-dealkylation sites (tertiary alicyclic amines) is 1. The Morgan fingerprint density at radius 3 is 2.96 bits per heavy atom. The van der Waals surface area contributed by atoms with Crippen molar-refractivity contribution in [3.8, 4) is 0 Å². The van der Waals surface area contributed by atoms with Crippen LogP contribution >= 0.6 is 24.0 Å². The molecule has 1 fully saturated rings. The van der Waals surface area contributed by atoms with E-state index in [4.69, 9.17) is 10.3 Å². The maximum absolute atomic E-state index is 5.93. The van der Waals surface area contributed by atoms with E-state index in [0.29, 0.717) is 23.8 Å². The zero-order chi connectivity index (χ0) is 16.7. The predicted octanol–water partition coefficient (Wildman–Crippen LogP) is 2.13. The van der Waals surface area contributed by atoms with Crippen LogP contribution in [-0.4, -0.2) is 53.2 Å². The van der Waals surface area contributed by atoms with Crippen LogP contribution in [0.1, 0.15) is 57.7 Å². The minimum atomic E-state index is 0. The van der Waals surface area contributed by atoms with Gasteiger partial charge in [0.25, 0.3) is 0 Å². The van der Waals surface area contributed by atoms with Crippen molar-refractivity contribution < 1.29 is 4.52 Å². The second-order valence-electron chi connectivity index (χ2n) is 6.38. The van der Waals surface area contributed by atoms with E-state index < -0.39 is 0 Å². The second kappa shape index (κ2) is 10.9. The number of likely N-dealkylation sites (N-methyl/N-ethyl adjacent to an activating group) is 1. The van der Waals surface area contributed by atoms with Crippen molar-refractivity contribution in [1.82, 2.24) is 20.4 Å². The topological polar surface area (TPSA) is 92.6 Å². The minimum absolute atomic E-state index is 0. The molecular formula is C16H31IN6O. The number of aryl methyl sites for hydroxylation is 1. The van der Waals surface area contributed by atoms with Gasteiger partial charge in [0.1, 0.15) is 0 Å². The third-order valence-electron chi connectivity index (χ3n) is 4.25. The summed E-state index contributed by atoms with van der Waals surface area (Å²) < 4.78 is 5.22. The summed E-state index contributed by atoms with van der Waals surface area (Å²) in [6.07, 6.45) is 4.14. The monoisotopic (exact) mass is 450 g/mol. The van der Waals surface area contributed by atoms with E-state index in [9.17, 15) is 0 Å². The van der Waals surface area contributed by atoms with E-state index in [0.717, 1.165) is 38.3 Å². The van der Waals surface area contributed by atoms with Crippen LogP contribution in [0.4, 0.5) is 0 Å². The van der Waals surface area contributed by atoms with Crippen molar-refractivity contribution in [2.24, 2.45) is 10.7 Å². The lowest BCUT2D eigenvalue weighted by Gasteiger charge is -2.20. The summed E-state index contributed by atoms with van der Waals surface area (Å²) in [7, 11) is 0. The Morgan fingerprint density at radius 1 is 1.50 bits per heavy atom. The minimum Gasteiger partial charge on any atom is -0.370 e. The lowest BCUT2D eigenvalue weighted by atomic mass is 10.2. The van der Waals surface area contributed by atoms with Crippen LogP contribution in [0.25, 0.3) is 0 Å². The van der Waals surface area contributed by atoms with Gasteiger partial charge < -0.3 is 15.6 Å². The molecule has 138 valence electrons. The van der Waals surface area contributed by atoms with Crippen LogP contribution in [0.5, 0.6) is 0 Å².